The summed E-state index contributed by atoms with van der Waals surface area (Å²) in [4.78, 5) is 16.6. The molecule has 0 aromatic heterocycles. The molecule has 1 amide bonds. The first kappa shape index (κ1) is 20.3. The number of nitrogens with zero attached hydrogens (tertiary/aromatic N) is 2. The Hall–Kier alpha value is -2.44. The van der Waals surface area contributed by atoms with Crippen LogP contribution < -0.4 is 4.74 Å². The molecule has 1 atom stereocenters. The van der Waals surface area contributed by atoms with E-state index in [0.29, 0.717) is 31.7 Å². The topological polar surface area (TPSA) is 53.0 Å². The van der Waals surface area contributed by atoms with Crippen LogP contribution in [0.4, 0.5) is 4.39 Å². The molecule has 1 saturated heterocycles. The normalized spacial score (nSPS) is 16.5. The first-order valence-corrected chi connectivity index (χ1v) is 9.66. The Kier molecular flexibility index (Phi) is 7.01. The molecule has 0 bridgehead atoms. The quantitative estimate of drug-likeness (QED) is 0.830. The van der Waals surface area contributed by atoms with Crippen molar-refractivity contribution >= 4 is 5.91 Å². The van der Waals surface area contributed by atoms with Gasteiger partial charge < -0.3 is 14.7 Å². The van der Waals surface area contributed by atoms with E-state index in [4.69, 9.17) is 4.74 Å². The first-order valence-electron chi connectivity index (χ1n) is 9.66. The number of aryl methyl sites for hydroxylation is 1. The number of aliphatic hydroxyl groups is 1. The monoisotopic (exact) mass is 386 g/mol. The van der Waals surface area contributed by atoms with Crippen molar-refractivity contribution in [1.82, 2.24) is 9.80 Å². The maximum absolute atomic E-state index is 13.1. The minimum absolute atomic E-state index is 0.0784. The van der Waals surface area contributed by atoms with Gasteiger partial charge in [0.1, 0.15) is 24.3 Å². The highest BCUT2D eigenvalue weighted by Gasteiger charge is 2.22. The van der Waals surface area contributed by atoms with Crippen LogP contribution in [0.3, 0.4) is 0 Å². The fraction of sp³-hybridized carbons (Fsp3) is 0.409. The van der Waals surface area contributed by atoms with Gasteiger partial charge in [-0.3, -0.25) is 9.69 Å². The minimum atomic E-state index is -0.598. The summed E-state index contributed by atoms with van der Waals surface area (Å²) >= 11 is 0. The van der Waals surface area contributed by atoms with Crippen LogP contribution in [0.25, 0.3) is 0 Å². The van der Waals surface area contributed by atoms with Crippen LogP contribution in [0, 0.1) is 12.7 Å². The van der Waals surface area contributed by atoms with Crippen molar-refractivity contribution in [3.8, 4) is 5.75 Å². The van der Waals surface area contributed by atoms with Gasteiger partial charge in [-0.05, 0) is 55.8 Å². The van der Waals surface area contributed by atoms with E-state index in [9.17, 15) is 14.3 Å². The van der Waals surface area contributed by atoms with Gasteiger partial charge >= 0.3 is 0 Å². The molecule has 3 rings (SSSR count). The van der Waals surface area contributed by atoms with Crippen LogP contribution in [-0.2, 0) is 0 Å². The number of benzene rings is 2. The van der Waals surface area contributed by atoms with E-state index in [1.54, 1.807) is 4.90 Å². The van der Waals surface area contributed by atoms with Crippen LogP contribution in [-0.4, -0.2) is 66.2 Å². The molecule has 1 N–H and O–H groups in total. The lowest BCUT2D eigenvalue weighted by Crippen LogP contribution is -2.39. The minimum Gasteiger partial charge on any atom is -0.491 e. The van der Waals surface area contributed by atoms with Gasteiger partial charge in [-0.2, -0.15) is 0 Å². The van der Waals surface area contributed by atoms with Gasteiger partial charge in [0.2, 0.25) is 0 Å². The van der Waals surface area contributed by atoms with Crippen molar-refractivity contribution in [2.24, 2.45) is 0 Å². The molecular formula is C22H27FN2O3. The molecule has 150 valence electrons. The average molecular weight is 386 g/mol. The predicted molar refractivity (Wildman–Crippen MR) is 106 cm³/mol. The van der Waals surface area contributed by atoms with Crippen molar-refractivity contribution in [3.05, 3.63) is 65.5 Å². The zero-order chi connectivity index (χ0) is 19.9. The molecule has 5 nitrogen and oxygen atoms in total. The third kappa shape index (κ3) is 5.53. The predicted octanol–water partition coefficient (Wildman–Crippen LogP) is 2.72. The van der Waals surface area contributed by atoms with E-state index in [-0.39, 0.29) is 18.3 Å². The molecule has 1 heterocycles. The van der Waals surface area contributed by atoms with Gasteiger partial charge in [-0.15, -0.1) is 0 Å². The number of halogens is 1. The van der Waals surface area contributed by atoms with Gasteiger partial charge in [-0.25, -0.2) is 4.39 Å². The molecule has 1 aliphatic heterocycles. The standard InChI is InChI=1S/C22H27FN2O3/c1-17-5-2-3-6-21(17)28-16-20(26)15-24-11-4-12-25(14-13-24)22(27)18-7-9-19(23)10-8-18/h2-3,5-10,20,26H,4,11-16H2,1H3. The summed E-state index contributed by atoms with van der Waals surface area (Å²) in [6.45, 7) is 5.46. The summed E-state index contributed by atoms with van der Waals surface area (Å²) in [6.07, 6.45) is 0.233. The molecule has 28 heavy (non-hydrogen) atoms. The van der Waals surface area contributed by atoms with E-state index < -0.39 is 6.10 Å². The summed E-state index contributed by atoms with van der Waals surface area (Å²) in [6, 6.07) is 13.4. The highest BCUT2D eigenvalue weighted by atomic mass is 19.1. The van der Waals surface area contributed by atoms with Crippen molar-refractivity contribution in [2.45, 2.75) is 19.4 Å². The molecule has 1 fully saturated rings. The second-order valence-corrected chi connectivity index (χ2v) is 7.18. The summed E-state index contributed by atoms with van der Waals surface area (Å²) in [5, 5.41) is 10.3. The van der Waals surface area contributed by atoms with Gasteiger partial charge in [0.25, 0.3) is 5.91 Å². The number of β-amino-alcohol motifs (C(OH)–C–C–N with tert-alkyl or cyclic N) is 1. The van der Waals surface area contributed by atoms with E-state index in [2.05, 4.69) is 4.90 Å². The Bertz CT molecular complexity index is 782. The van der Waals surface area contributed by atoms with Gasteiger partial charge in [0.15, 0.2) is 0 Å². The number of aliphatic hydroxyl groups excluding tert-OH is 1. The van der Waals surface area contributed by atoms with Crippen LogP contribution in [0.15, 0.2) is 48.5 Å². The maximum atomic E-state index is 13.1. The fourth-order valence-corrected chi connectivity index (χ4v) is 3.39. The summed E-state index contributed by atoms with van der Waals surface area (Å²) in [5.74, 6) is 0.360. The smallest absolute Gasteiger partial charge is 0.253 e. The second kappa shape index (κ2) is 9.66. The Balaban J connectivity index is 1.47. The molecule has 1 unspecified atom stereocenters. The number of hydrogen-bond acceptors (Lipinski definition) is 4. The third-order valence-electron chi connectivity index (χ3n) is 4.96. The largest absolute Gasteiger partial charge is 0.491 e. The van der Waals surface area contributed by atoms with Gasteiger partial charge in [0, 0.05) is 31.7 Å². The number of hydrogen-bond donors (Lipinski definition) is 1. The van der Waals surface area contributed by atoms with Crippen molar-refractivity contribution < 1.29 is 19.0 Å². The molecular weight excluding hydrogens is 359 g/mol. The number of carbonyl (C=O) groups is 1. The Morgan fingerprint density at radius 1 is 1.11 bits per heavy atom. The van der Waals surface area contributed by atoms with Gasteiger partial charge in [-0.1, -0.05) is 18.2 Å². The lowest BCUT2D eigenvalue weighted by molar-refractivity contribution is 0.0668. The number of rotatable bonds is 6. The Morgan fingerprint density at radius 2 is 1.86 bits per heavy atom. The number of para-hydroxylation sites is 1. The zero-order valence-corrected chi connectivity index (χ0v) is 16.2. The maximum Gasteiger partial charge on any atom is 0.253 e. The average Bonchev–Trinajstić information content (AvgIpc) is 2.93. The van der Waals surface area contributed by atoms with Crippen LogP contribution in [0.5, 0.6) is 5.75 Å². The van der Waals surface area contributed by atoms with Crippen LogP contribution in [0.1, 0.15) is 22.3 Å². The molecule has 0 radical (unpaired) electrons. The molecule has 1 aliphatic rings. The Morgan fingerprint density at radius 3 is 2.61 bits per heavy atom. The lowest BCUT2D eigenvalue weighted by atomic mass is 10.2. The van der Waals surface area contributed by atoms with E-state index in [0.717, 1.165) is 24.3 Å². The van der Waals surface area contributed by atoms with Crippen LogP contribution in [0.2, 0.25) is 0 Å². The molecule has 0 aliphatic carbocycles. The second-order valence-electron chi connectivity index (χ2n) is 7.18. The van der Waals surface area contributed by atoms with Crippen molar-refractivity contribution in [2.75, 3.05) is 39.3 Å². The highest BCUT2D eigenvalue weighted by Crippen LogP contribution is 2.16. The SMILES string of the molecule is Cc1ccccc1OCC(O)CN1CCCN(C(=O)c2ccc(F)cc2)CC1. The van der Waals surface area contributed by atoms with E-state index >= 15 is 0 Å². The summed E-state index contributed by atoms with van der Waals surface area (Å²) in [7, 11) is 0. The number of ether oxygens (including phenoxy) is 1. The number of carbonyl (C=O) groups excluding carboxylic acids is 1. The third-order valence-corrected chi connectivity index (χ3v) is 4.96. The molecule has 0 saturated carbocycles. The highest BCUT2D eigenvalue weighted by molar-refractivity contribution is 5.94. The summed E-state index contributed by atoms with van der Waals surface area (Å²) < 4.78 is 18.8. The molecule has 0 spiro atoms. The zero-order valence-electron chi connectivity index (χ0n) is 16.2. The molecule has 2 aromatic rings. The number of amides is 1. The lowest BCUT2D eigenvalue weighted by Gasteiger charge is -2.24. The fourth-order valence-electron chi connectivity index (χ4n) is 3.39. The van der Waals surface area contributed by atoms with E-state index in [1.807, 2.05) is 31.2 Å². The molecule has 2 aromatic carbocycles. The molecule has 6 heteroatoms. The van der Waals surface area contributed by atoms with Crippen molar-refractivity contribution in [3.63, 3.8) is 0 Å². The van der Waals surface area contributed by atoms with E-state index in [1.165, 1.54) is 24.3 Å². The van der Waals surface area contributed by atoms with Crippen molar-refractivity contribution in [1.29, 1.82) is 0 Å². The first-order chi connectivity index (χ1) is 13.5. The van der Waals surface area contributed by atoms with Gasteiger partial charge in [0.05, 0.1) is 0 Å². The Labute approximate surface area is 165 Å². The van der Waals surface area contributed by atoms with Crippen LogP contribution >= 0.6 is 0 Å². The summed E-state index contributed by atoms with van der Waals surface area (Å²) in [5.41, 5.74) is 1.54.